The smallest absolute Gasteiger partial charge is 0.252 e. The van der Waals surface area contributed by atoms with Crippen molar-refractivity contribution >= 4 is 28.3 Å². The van der Waals surface area contributed by atoms with Crippen LogP contribution in [0.2, 0.25) is 0 Å². The Kier molecular flexibility index (Phi) is 5.18. The zero-order valence-corrected chi connectivity index (χ0v) is 15.9. The van der Waals surface area contributed by atoms with Gasteiger partial charge in [0, 0.05) is 12.1 Å². The lowest BCUT2D eigenvalue weighted by Gasteiger charge is -2.14. The molecular formula is C19H24N4OS. The second-order valence-electron chi connectivity index (χ2n) is 6.62. The summed E-state index contributed by atoms with van der Waals surface area (Å²) < 4.78 is 1.87. The van der Waals surface area contributed by atoms with Gasteiger partial charge in [-0.15, -0.1) is 11.3 Å². The molecule has 5 nitrogen and oxygen atoms in total. The number of hydrogen-bond donors (Lipinski definition) is 1. The van der Waals surface area contributed by atoms with E-state index in [0.717, 1.165) is 34.4 Å². The predicted octanol–water partition coefficient (Wildman–Crippen LogP) is 4.66. The fraction of sp³-hybridized carbons (Fsp3) is 0.421. The number of nitrogens with zero attached hydrogens (tertiary/aromatic N) is 3. The van der Waals surface area contributed by atoms with Crippen molar-refractivity contribution in [2.45, 2.75) is 52.6 Å². The molecule has 3 aromatic heterocycles. The van der Waals surface area contributed by atoms with E-state index in [1.807, 2.05) is 35.2 Å². The van der Waals surface area contributed by atoms with Crippen LogP contribution in [0, 0.1) is 0 Å². The van der Waals surface area contributed by atoms with Crippen molar-refractivity contribution < 1.29 is 4.79 Å². The molecule has 0 aromatic carbocycles. The third-order valence-electron chi connectivity index (χ3n) is 4.17. The normalized spacial score (nSPS) is 12.7. The summed E-state index contributed by atoms with van der Waals surface area (Å²) in [6, 6.07) is 6.23. The van der Waals surface area contributed by atoms with Gasteiger partial charge >= 0.3 is 0 Å². The molecule has 0 aliphatic carbocycles. The molecule has 1 amide bonds. The van der Waals surface area contributed by atoms with Gasteiger partial charge in [-0.1, -0.05) is 19.4 Å². The first-order valence-electron chi connectivity index (χ1n) is 8.74. The van der Waals surface area contributed by atoms with Crippen LogP contribution in [0.25, 0.3) is 21.6 Å². The number of nitrogens with one attached hydrogen (secondary N) is 1. The summed E-state index contributed by atoms with van der Waals surface area (Å²) in [6.07, 6.45) is 3.75. The van der Waals surface area contributed by atoms with Gasteiger partial charge in [-0.2, -0.15) is 5.10 Å². The zero-order valence-electron chi connectivity index (χ0n) is 15.1. The standard InChI is InChI=1S/C19H24N4OS/c1-5-7-13(4)21-19(24)14-10-16(17-8-6-9-25-17)22-18-15(14)11-20-23(18)12(2)3/h6,8-13H,5,7H2,1-4H3,(H,21,24). The Morgan fingerprint density at radius 3 is 2.80 bits per heavy atom. The van der Waals surface area contributed by atoms with E-state index >= 15 is 0 Å². The number of thiophene rings is 1. The lowest BCUT2D eigenvalue weighted by atomic mass is 10.1. The number of pyridine rings is 1. The summed E-state index contributed by atoms with van der Waals surface area (Å²) in [7, 11) is 0. The summed E-state index contributed by atoms with van der Waals surface area (Å²) >= 11 is 1.62. The topological polar surface area (TPSA) is 59.8 Å². The number of carbonyl (C=O) groups excluding carboxylic acids is 1. The van der Waals surface area contributed by atoms with E-state index < -0.39 is 0 Å². The van der Waals surface area contributed by atoms with Crippen LogP contribution in [0.4, 0.5) is 0 Å². The molecule has 25 heavy (non-hydrogen) atoms. The molecule has 1 N–H and O–H groups in total. The van der Waals surface area contributed by atoms with Crippen LogP contribution in [0.1, 0.15) is 56.9 Å². The summed E-state index contributed by atoms with van der Waals surface area (Å²) in [5.74, 6) is -0.0607. The molecule has 1 unspecified atom stereocenters. The molecule has 6 heteroatoms. The van der Waals surface area contributed by atoms with Gasteiger partial charge in [0.15, 0.2) is 5.65 Å². The second kappa shape index (κ2) is 7.35. The minimum Gasteiger partial charge on any atom is -0.350 e. The van der Waals surface area contributed by atoms with Crippen LogP contribution in [0.15, 0.2) is 29.8 Å². The Balaban J connectivity index is 2.11. The van der Waals surface area contributed by atoms with Gasteiger partial charge in [-0.05, 0) is 44.7 Å². The molecule has 0 spiro atoms. The van der Waals surface area contributed by atoms with Crippen LogP contribution < -0.4 is 5.32 Å². The fourth-order valence-electron chi connectivity index (χ4n) is 2.94. The van der Waals surface area contributed by atoms with Crippen molar-refractivity contribution in [3.63, 3.8) is 0 Å². The predicted molar refractivity (Wildman–Crippen MR) is 103 cm³/mol. The summed E-state index contributed by atoms with van der Waals surface area (Å²) in [4.78, 5) is 18.7. The molecule has 3 heterocycles. The number of hydrogen-bond acceptors (Lipinski definition) is 4. The highest BCUT2D eigenvalue weighted by molar-refractivity contribution is 7.13. The van der Waals surface area contributed by atoms with Crippen LogP contribution >= 0.6 is 11.3 Å². The van der Waals surface area contributed by atoms with Gasteiger partial charge < -0.3 is 5.32 Å². The monoisotopic (exact) mass is 356 g/mol. The Morgan fingerprint density at radius 1 is 1.36 bits per heavy atom. The maximum Gasteiger partial charge on any atom is 0.252 e. The molecular weight excluding hydrogens is 332 g/mol. The maximum atomic E-state index is 12.9. The van der Waals surface area contributed by atoms with Crippen LogP contribution in [-0.2, 0) is 0 Å². The van der Waals surface area contributed by atoms with Crippen molar-refractivity contribution in [1.82, 2.24) is 20.1 Å². The van der Waals surface area contributed by atoms with E-state index in [9.17, 15) is 4.79 Å². The highest BCUT2D eigenvalue weighted by atomic mass is 32.1. The van der Waals surface area contributed by atoms with Gasteiger partial charge in [0.1, 0.15) is 0 Å². The van der Waals surface area contributed by atoms with Gasteiger partial charge in [-0.3, -0.25) is 4.79 Å². The molecule has 0 fully saturated rings. The Morgan fingerprint density at radius 2 is 2.16 bits per heavy atom. The van der Waals surface area contributed by atoms with Crippen LogP contribution in [0.3, 0.4) is 0 Å². The Labute approximate surface area is 152 Å². The number of aromatic nitrogens is 3. The lowest BCUT2D eigenvalue weighted by molar-refractivity contribution is 0.0940. The minimum absolute atomic E-state index is 0.0607. The Hall–Kier alpha value is -2.21. The molecule has 0 saturated carbocycles. The fourth-order valence-corrected chi connectivity index (χ4v) is 3.63. The number of carbonyl (C=O) groups is 1. The van der Waals surface area contributed by atoms with E-state index in [1.165, 1.54) is 0 Å². The van der Waals surface area contributed by atoms with E-state index in [0.29, 0.717) is 5.56 Å². The first-order valence-corrected chi connectivity index (χ1v) is 9.62. The minimum atomic E-state index is -0.0607. The molecule has 132 valence electrons. The van der Waals surface area contributed by atoms with E-state index in [2.05, 4.69) is 31.2 Å². The largest absolute Gasteiger partial charge is 0.350 e. The quantitative estimate of drug-likeness (QED) is 0.699. The molecule has 0 saturated heterocycles. The SMILES string of the molecule is CCCC(C)NC(=O)c1cc(-c2cccs2)nc2c1cnn2C(C)C. The van der Waals surface area contributed by atoms with Crippen LogP contribution in [0.5, 0.6) is 0 Å². The van der Waals surface area contributed by atoms with Gasteiger partial charge in [0.05, 0.1) is 27.7 Å². The maximum absolute atomic E-state index is 12.9. The molecule has 3 aromatic rings. The molecule has 0 radical (unpaired) electrons. The Bertz CT molecular complexity index is 867. The first kappa shape index (κ1) is 17.6. The van der Waals surface area contributed by atoms with Crippen molar-refractivity contribution in [1.29, 1.82) is 0 Å². The van der Waals surface area contributed by atoms with Crippen molar-refractivity contribution in [2.24, 2.45) is 0 Å². The summed E-state index contributed by atoms with van der Waals surface area (Å²) in [5.41, 5.74) is 2.22. The number of rotatable bonds is 6. The van der Waals surface area contributed by atoms with Crippen molar-refractivity contribution in [3.8, 4) is 10.6 Å². The number of fused-ring (bicyclic) bond motifs is 1. The van der Waals surface area contributed by atoms with Crippen molar-refractivity contribution in [3.05, 3.63) is 35.3 Å². The van der Waals surface area contributed by atoms with E-state index in [-0.39, 0.29) is 18.0 Å². The average Bonchev–Trinajstić information content (AvgIpc) is 3.23. The summed E-state index contributed by atoms with van der Waals surface area (Å²) in [5, 5.41) is 10.4. The highest BCUT2D eigenvalue weighted by Crippen LogP contribution is 2.29. The average molecular weight is 356 g/mol. The third kappa shape index (κ3) is 3.58. The van der Waals surface area contributed by atoms with Crippen molar-refractivity contribution in [2.75, 3.05) is 0 Å². The molecule has 0 aliphatic rings. The second-order valence-corrected chi connectivity index (χ2v) is 7.56. The van der Waals surface area contributed by atoms with E-state index in [1.54, 1.807) is 17.5 Å². The van der Waals surface area contributed by atoms with Gasteiger partial charge in [0.25, 0.3) is 5.91 Å². The lowest BCUT2D eigenvalue weighted by Crippen LogP contribution is -2.32. The molecule has 3 rings (SSSR count). The zero-order chi connectivity index (χ0) is 18.0. The summed E-state index contributed by atoms with van der Waals surface area (Å²) in [6.45, 7) is 8.29. The van der Waals surface area contributed by atoms with Gasteiger partial charge in [-0.25, -0.2) is 9.67 Å². The number of amides is 1. The highest BCUT2D eigenvalue weighted by Gasteiger charge is 2.19. The first-order chi connectivity index (χ1) is 12.0. The molecule has 0 bridgehead atoms. The molecule has 1 atom stereocenters. The van der Waals surface area contributed by atoms with Crippen LogP contribution in [-0.4, -0.2) is 26.7 Å². The van der Waals surface area contributed by atoms with E-state index in [4.69, 9.17) is 4.98 Å². The van der Waals surface area contributed by atoms with Gasteiger partial charge in [0.2, 0.25) is 0 Å². The molecule has 0 aliphatic heterocycles. The third-order valence-corrected chi connectivity index (χ3v) is 5.07.